The van der Waals surface area contributed by atoms with E-state index in [0.717, 1.165) is 37.6 Å². The van der Waals surface area contributed by atoms with Crippen LogP contribution < -0.4 is 15.8 Å². The highest BCUT2D eigenvalue weighted by Gasteiger charge is 2.39. The highest BCUT2D eigenvalue weighted by Crippen LogP contribution is 2.41. The minimum atomic E-state index is -4.58. The number of carbonyl (C=O) groups is 2. The van der Waals surface area contributed by atoms with E-state index in [4.69, 9.17) is 27.1 Å². The fourth-order valence-corrected chi connectivity index (χ4v) is 5.98. The van der Waals surface area contributed by atoms with Gasteiger partial charge in [-0.2, -0.15) is 13.2 Å². The first-order chi connectivity index (χ1) is 20.0. The van der Waals surface area contributed by atoms with E-state index in [1.54, 1.807) is 10.5 Å². The molecule has 2 amide bonds. The van der Waals surface area contributed by atoms with Gasteiger partial charge in [0.2, 0.25) is 5.91 Å². The van der Waals surface area contributed by atoms with Crippen molar-refractivity contribution in [3.63, 3.8) is 0 Å². The second-order valence-corrected chi connectivity index (χ2v) is 10.7. The molecule has 2 aliphatic heterocycles. The molecule has 14 heteroatoms. The molecule has 10 nitrogen and oxygen atoms in total. The number of carbonyl (C=O) groups excluding carboxylic acids is 2. The molecule has 2 aliphatic rings. The van der Waals surface area contributed by atoms with Gasteiger partial charge in [-0.3, -0.25) is 14.0 Å². The largest absolute Gasteiger partial charge is 0.496 e. The number of pyridine rings is 1. The Hall–Kier alpha value is -4.39. The topological polar surface area (TPSA) is 128 Å². The normalized spacial score (nSPS) is 18.8. The van der Waals surface area contributed by atoms with E-state index in [-0.39, 0.29) is 40.8 Å². The van der Waals surface area contributed by atoms with Gasteiger partial charge >= 0.3 is 6.18 Å². The quantitative estimate of drug-likeness (QED) is 0.324. The summed E-state index contributed by atoms with van der Waals surface area (Å²) >= 11 is 6.61. The van der Waals surface area contributed by atoms with E-state index in [9.17, 15) is 22.8 Å². The summed E-state index contributed by atoms with van der Waals surface area (Å²) in [6.07, 6.45) is 0.902. The van der Waals surface area contributed by atoms with Crippen molar-refractivity contribution in [1.29, 1.82) is 0 Å². The molecule has 0 unspecified atom stereocenters. The first-order valence-corrected chi connectivity index (χ1v) is 13.6. The number of halogens is 4. The third-order valence-corrected chi connectivity index (χ3v) is 8.07. The Morgan fingerprint density at radius 1 is 1.17 bits per heavy atom. The van der Waals surface area contributed by atoms with Gasteiger partial charge in [0, 0.05) is 42.2 Å². The van der Waals surface area contributed by atoms with Crippen molar-refractivity contribution in [2.45, 2.75) is 43.8 Å². The zero-order valence-electron chi connectivity index (χ0n) is 22.3. The molecule has 5 heterocycles. The minimum Gasteiger partial charge on any atom is -0.496 e. The van der Waals surface area contributed by atoms with Crippen molar-refractivity contribution >= 4 is 40.6 Å². The lowest BCUT2D eigenvalue weighted by atomic mass is 9.92. The van der Waals surface area contributed by atoms with Gasteiger partial charge in [-0.05, 0) is 49.6 Å². The van der Waals surface area contributed by atoms with Crippen LogP contribution in [0.2, 0.25) is 5.15 Å². The van der Waals surface area contributed by atoms with Crippen LogP contribution in [0.25, 0.3) is 16.8 Å². The van der Waals surface area contributed by atoms with Crippen LogP contribution in [0, 0.1) is 0 Å². The molecule has 2 fully saturated rings. The molecule has 0 saturated carbocycles. The summed E-state index contributed by atoms with van der Waals surface area (Å²) in [6.45, 7) is 0.514. The highest BCUT2D eigenvalue weighted by atomic mass is 35.5. The molecule has 218 valence electrons. The number of fused-ring (bicyclic) bond motifs is 2. The lowest BCUT2D eigenvalue weighted by Gasteiger charge is -2.34. The summed E-state index contributed by atoms with van der Waals surface area (Å²) in [5.74, 6) is 0.189. The molecule has 3 aromatic heterocycles. The van der Waals surface area contributed by atoms with Gasteiger partial charge in [0.05, 0.1) is 18.9 Å². The van der Waals surface area contributed by atoms with Crippen molar-refractivity contribution in [2.75, 3.05) is 24.7 Å². The number of imidazole rings is 1. The van der Waals surface area contributed by atoms with E-state index >= 15 is 0 Å². The van der Waals surface area contributed by atoms with Crippen LogP contribution in [0.3, 0.4) is 0 Å². The van der Waals surface area contributed by atoms with E-state index in [0.29, 0.717) is 40.7 Å². The van der Waals surface area contributed by atoms with Crippen molar-refractivity contribution in [3.8, 4) is 17.0 Å². The molecule has 0 bridgehead atoms. The predicted octanol–water partition coefficient (Wildman–Crippen LogP) is 5.18. The molecule has 0 aliphatic carbocycles. The number of nitrogens with zero attached hydrogens (tertiary/aromatic N) is 5. The van der Waals surface area contributed by atoms with Gasteiger partial charge in [-0.15, -0.1) is 0 Å². The number of alkyl halides is 3. The van der Waals surface area contributed by atoms with E-state index < -0.39 is 17.6 Å². The second kappa shape index (κ2) is 10.5. The SMILES string of the molecule is COc1cc(C(=O)Nc2cc(C(F)(F)F)ccn2)ccc1-c1nc([C@@H]2CC[C@H]3CCC(=O)N3C2)n2c(Cl)cnc(N)c12. The maximum absolute atomic E-state index is 13.1. The first-order valence-electron chi connectivity index (χ1n) is 13.2. The number of benzene rings is 1. The molecule has 4 aromatic rings. The predicted molar refractivity (Wildman–Crippen MR) is 148 cm³/mol. The smallest absolute Gasteiger partial charge is 0.416 e. The van der Waals surface area contributed by atoms with Crippen molar-refractivity contribution in [1.82, 2.24) is 24.3 Å². The number of nitrogen functional groups attached to an aromatic ring is 1. The van der Waals surface area contributed by atoms with Crippen LogP contribution in [0.15, 0.2) is 42.7 Å². The first kappa shape index (κ1) is 27.8. The maximum Gasteiger partial charge on any atom is 0.416 e. The van der Waals surface area contributed by atoms with Crippen LogP contribution in [0.1, 0.15) is 53.3 Å². The number of hydrogen-bond acceptors (Lipinski definition) is 7. The summed E-state index contributed by atoms with van der Waals surface area (Å²) < 4.78 is 46.6. The standard InChI is InChI=1S/C28H25ClF3N7O3/c1-42-19-10-14(27(41)36-21-11-16(8-9-34-21)28(30,31)32)3-6-18(19)23-24-25(33)35-12-20(29)39(24)26(37-23)15-2-4-17-5-7-22(40)38(17)13-15/h3,6,8-12,15,17H,2,4-5,7,13H2,1H3,(H2,33,35)(H,34,36,41)/t15-,17+/m1/s1. The van der Waals surface area contributed by atoms with Crippen molar-refractivity contribution in [3.05, 3.63) is 64.8 Å². The van der Waals surface area contributed by atoms with Crippen molar-refractivity contribution in [2.24, 2.45) is 0 Å². The minimum absolute atomic E-state index is 0.0974. The van der Waals surface area contributed by atoms with Crippen LogP contribution in [0.4, 0.5) is 24.8 Å². The zero-order valence-corrected chi connectivity index (χ0v) is 23.0. The number of aromatic nitrogens is 4. The Bertz CT molecular complexity index is 1730. The highest BCUT2D eigenvalue weighted by molar-refractivity contribution is 6.30. The number of nitrogens with two attached hydrogens (primary N) is 1. The number of ether oxygens (including phenoxy) is 1. The average Bonchev–Trinajstić information content (AvgIpc) is 3.56. The number of methoxy groups -OCH3 is 1. The Morgan fingerprint density at radius 3 is 2.74 bits per heavy atom. The monoisotopic (exact) mass is 599 g/mol. The molecule has 0 radical (unpaired) electrons. The Kier molecular flexibility index (Phi) is 6.92. The number of nitrogens with one attached hydrogen (secondary N) is 1. The number of anilines is 2. The lowest BCUT2D eigenvalue weighted by molar-refractivity contribution is -0.137. The number of hydrogen-bond donors (Lipinski definition) is 2. The van der Waals surface area contributed by atoms with Crippen LogP contribution in [0.5, 0.6) is 5.75 Å². The third kappa shape index (κ3) is 4.87. The van der Waals surface area contributed by atoms with Gasteiger partial charge < -0.3 is 20.7 Å². The Labute approximate surface area is 242 Å². The molecule has 2 atom stereocenters. The van der Waals surface area contributed by atoms with Gasteiger partial charge in [0.15, 0.2) is 0 Å². The molecule has 0 spiro atoms. The fraction of sp³-hybridized carbons (Fsp3) is 0.321. The van der Waals surface area contributed by atoms with Gasteiger partial charge in [0.1, 0.15) is 39.6 Å². The summed E-state index contributed by atoms with van der Waals surface area (Å²) in [7, 11) is 1.42. The van der Waals surface area contributed by atoms with Crippen LogP contribution in [-0.4, -0.2) is 55.8 Å². The molecular formula is C28H25ClF3N7O3. The molecule has 1 aromatic carbocycles. The lowest BCUT2D eigenvalue weighted by Crippen LogP contribution is -2.41. The summed E-state index contributed by atoms with van der Waals surface area (Å²) in [5.41, 5.74) is 6.89. The number of amides is 2. The van der Waals surface area contributed by atoms with Gasteiger partial charge in [-0.25, -0.2) is 15.0 Å². The Morgan fingerprint density at radius 2 is 1.98 bits per heavy atom. The van der Waals surface area contributed by atoms with Gasteiger partial charge in [-0.1, -0.05) is 11.6 Å². The fourth-order valence-electron chi connectivity index (χ4n) is 5.76. The maximum atomic E-state index is 13.1. The van der Waals surface area contributed by atoms with E-state index in [2.05, 4.69) is 15.3 Å². The molecular weight excluding hydrogens is 575 g/mol. The zero-order chi connectivity index (χ0) is 29.8. The average molecular weight is 600 g/mol. The van der Waals surface area contributed by atoms with E-state index in [1.165, 1.54) is 25.4 Å². The summed E-state index contributed by atoms with van der Waals surface area (Å²) in [5, 5.41) is 2.69. The molecule has 6 rings (SSSR count). The third-order valence-electron chi connectivity index (χ3n) is 7.80. The van der Waals surface area contributed by atoms with Crippen LogP contribution in [-0.2, 0) is 11.0 Å². The summed E-state index contributed by atoms with van der Waals surface area (Å²) in [4.78, 5) is 40.3. The van der Waals surface area contributed by atoms with Crippen LogP contribution >= 0.6 is 11.6 Å². The van der Waals surface area contributed by atoms with Crippen molar-refractivity contribution < 1.29 is 27.5 Å². The second-order valence-electron chi connectivity index (χ2n) is 10.3. The molecule has 3 N–H and O–H groups in total. The Balaban J connectivity index is 1.37. The summed E-state index contributed by atoms with van der Waals surface area (Å²) in [6, 6.07) is 6.37. The molecule has 2 saturated heterocycles. The molecule has 42 heavy (non-hydrogen) atoms. The van der Waals surface area contributed by atoms with E-state index in [1.807, 2.05) is 4.90 Å². The number of piperidine rings is 1. The number of rotatable bonds is 5. The van der Waals surface area contributed by atoms with Gasteiger partial charge in [0.25, 0.3) is 5.91 Å².